The van der Waals surface area contributed by atoms with Crippen LogP contribution in [0.25, 0.3) is 0 Å². The first-order valence-electron chi connectivity index (χ1n) is 9.85. The molecule has 0 saturated carbocycles. The van der Waals surface area contributed by atoms with E-state index in [0.717, 1.165) is 38.3 Å². The number of nitrogens with one attached hydrogen (secondary N) is 1. The Labute approximate surface area is 178 Å². The molecule has 1 heterocycles. The zero-order valence-corrected chi connectivity index (χ0v) is 17.6. The summed E-state index contributed by atoms with van der Waals surface area (Å²) in [6, 6.07) is 15.0. The highest BCUT2D eigenvalue weighted by molar-refractivity contribution is 5.95. The van der Waals surface area contributed by atoms with Gasteiger partial charge in [-0.15, -0.1) is 12.4 Å². The number of hydrogen-bond acceptors (Lipinski definition) is 5. The molecule has 29 heavy (non-hydrogen) atoms. The largest absolute Gasteiger partial charge is 0.490 e. The minimum Gasteiger partial charge on any atom is -0.490 e. The second-order valence-corrected chi connectivity index (χ2v) is 6.50. The van der Waals surface area contributed by atoms with Crippen LogP contribution in [0.3, 0.4) is 0 Å². The Morgan fingerprint density at radius 1 is 0.966 bits per heavy atom. The number of ether oxygens (including phenoxy) is 3. The average molecular weight is 421 g/mol. The average Bonchev–Trinajstić information content (AvgIpc) is 3.02. The van der Waals surface area contributed by atoms with Crippen molar-refractivity contribution in [3.8, 4) is 17.2 Å². The predicted molar refractivity (Wildman–Crippen MR) is 116 cm³/mol. The first kappa shape index (κ1) is 22.8. The zero-order chi connectivity index (χ0) is 19.6. The fraction of sp³-hybridized carbons (Fsp3) is 0.409. The summed E-state index contributed by atoms with van der Waals surface area (Å²) in [5, 5.41) is 3.31. The van der Waals surface area contributed by atoms with E-state index in [-0.39, 0.29) is 18.3 Å². The summed E-state index contributed by atoms with van der Waals surface area (Å²) in [5.41, 5.74) is 0.623. The van der Waals surface area contributed by atoms with Gasteiger partial charge in [-0.05, 0) is 50.2 Å². The molecule has 2 aromatic rings. The maximum atomic E-state index is 12.8. The van der Waals surface area contributed by atoms with Gasteiger partial charge in [-0.3, -0.25) is 4.79 Å². The molecule has 1 saturated heterocycles. The Morgan fingerprint density at radius 3 is 2.55 bits per heavy atom. The van der Waals surface area contributed by atoms with Gasteiger partial charge in [0.25, 0.3) is 5.91 Å². The van der Waals surface area contributed by atoms with Gasteiger partial charge in [0.15, 0.2) is 11.5 Å². The van der Waals surface area contributed by atoms with Crippen LogP contribution in [0.5, 0.6) is 17.2 Å². The highest BCUT2D eigenvalue weighted by atomic mass is 35.5. The van der Waals surface area contributed by atoms with E-state index in [9.17, 15) is 4.79 Å². The van der Waals surface area contributed by atoms with Gasteiger partial charge in [0.2, 0.25) is 0 Å². The molecule has 0 radical (unpaired) electrons. The number of carbonyl (C=O) groups is 1. The number of amides is 1. The van der Waals surface area contributed by atoms with Crippen LogP contribution in [0.1, 0.15) is 23.7 Å². The molecule has 7 heteroatoms. The SMILES string of the molecule is CCOc1cc(C(=O)N2CCCNCC2)ccc1OCCOc1ccccc1.Cl. The summed E-state index contributed by atoms with van der Waals surface area (Å²) < 4.78 is 17.2. The van der Waals surface area contributed by atoms with E-state index >= 15 is 0 Å². The van der Waals surface area contributed by atoms with Gasteiger partial charge in [0, 0.05) is 25.2 Å². The van der Waals surface area contributed by atoms with E-state index < -0.39 is 0 Å². The smallest absolute Gasteiger partial charge is 0.254 e. The second kappa shape index (κ2) is 12.2. The van der Waals surface area contributed by atoms with Crippen molar-refractivity contribution in [2.45, 2.75) is 13.3 Å². The van der Waals surface area contributed by atoms with Gasteiger partial charge in [-0.2, -0.15) is 0 Å². The van der Waals surface area contributed by atoms with Crippen molar-refractivity contribution in [2.75, 3.05) is 46.0 Å². The Hall–Kier alpha value is -2.44. The fourth-order valence-corrected chi connectivity index (χ4v) is 3.09. The van der Waals surface area contributed by atoms with Crippen molar-refractivity contribution in [3.05, 3.63) is 54.1 Å². The van der Waals surface area contributed by atoms with Crippen LogP contribution in [0.4, 0.5) is 0 Å². The van der Waals surface area contributed by atoms with Crippen molar-refractivity contribution in [1.82, 2.24) is 10.2 Å². The molecule has 0 aliphatic carbocycles. The molecule has 0 spiro atoms. The van der Waals surface area contributed by atoms with Gasteiger partial charge >= 0.3 is 0 Å². The highest BCUT2D eigenvalue weighted by Gasteiger charge is 2.19. The molecule has 0 bridgehead atoms. The van der Waals surface area contributed by atoms with Gasteiger partial charge in [-0.25, -0.2) is 0 Å². The number of halogens is 1. The first-order valence-corrected chi connectivity index (χ1v) is 9.85. The van der Waals surface area contributed by atoms with Crippen LogP contribution >= 0.6 is 12.4 Å². The molecular weight excluding hydrogens is 392 g/mol. The molecule has 0 atom stereocenters. The Kier molecular flexibility index (Phi) is 9.60. The number of hydrogen-bond donors (Lipinski definition) is 1. The quantitative estimate of drug-likeness (QED) is 0.663. The number of benzene rings is 2. The van der Waals surface area contributed by atoms with E-state index in [0.29, 0.717) is 36.9 Å². The molecule has 3 rings (SSSR count). The van der Waals surface area contributed by atoms with Crippen molar-refractivity contribution >= 4 is 18.3 Å². The molecule has 1 N–H and O–H groups in total. The van der Waals surface area contributed by atoms with Crippen LogP contribution in [-0.2, 0) is 0 Å². The van der Waals surface area contributed by atoms with Crippen LogP contribution in [-0.4, -0.2) is 56.8 Å². The standard InChI is InChI=1S/C22H28N2O4.ClH/c1-2-26-21-17-18(22(25)24-13-6-11-23-12-14-24)9-10-20(21)28-16-15-27-19-7-4-3-5-8-19;/h3-5,7-10,17,23H,2,6,11-16H2,1H3;1H. The molecule has 0 unspecified atom stereocenters. The lowest BCUT2D eigenvalue weighted by Crippen LogP contribution is -2.34. The predicted octanol–water partition coefficient (Wildman–Crippen LogP) is 3.40. The maximum absolute atomic E-state index is 12.8. The lowest BCUT2D eigenvalue weighted by atomic mass is 10.1. The Balaban J connectivity index is 0.00000300. The van der Waals surface area contributed by atoms with E-state index in [2.05, 4.69) is 5.32 Å². The topological polar surface area (TPSA) is 60.0 Å². The monoisotopic (exact) mass is 420 g/mol. The highest BCUT2D eigenvalue weighted by Crippen LogP contribution is 2.29. The van der Waals surface area contributed by atoms with Gasteiger partial charge < -0.3 is 24.4 Å². The Morgan fingerprint density at radius 2 is 1.76 bits per heavy atom. The van der Waals surface area contributed by atoms with E-state index in [4.69, 9.17) is 14.2 Å². The van der Waals surface area contributed by atoms with Crippen LogP contribution in [0.15, 0.2) is 48.5 Å². The van der Waals surface area contributed by atoms with Crippen LogP contribution in [0, 0.1) is 0 Å². The summed E-state index contributed by atoms with van der Waals surface area (Å²) >= 11 is 0. The van der Waals surface area contributed by atoms with Gasteiger partial charge in [0.05, 0.1) is 6.61 Å². The third kappa shape index (κ3) is 6.84. The fourth-order valence-electron chi connectivity index (χ4n) is 3.09. The molecule has 1 aliphatic rings. The van der Waals surface area contributed by atoms with Crippen LogP contribution < -0.4 is 19.5 Å². The number of carbonyl (C=O) groups excluding carboxylic acids is 1. The molecule has 1 amide bonds. The molecular formula is C22H29ClN2O4. The van der Waals surface area contributed by atoms with E-state index in [1.807, 2.05) is 42.2 Å². The van der Waals surface area contributed by atoms with Gasteiger partial charge in [-0.1, -0.05) is 18.2 Å². The normalized spacial score (nSPS) is 13.8. The third-order valence-corrected chi connectivity index (χ3v) is 4.47. The molecule has 2 aromatic carbocycles. The molecule has 6 nitrogen and oxygen atoms in total. The van der Waals surface area contributed by atoms with Crippen molar-refractivity contribution in [2.24, 2.45) is 0 Å². The molecule has 158 valence electrons. The van der Waals surface area contributed by atoms with Crippen molar-refractivity contribution in [3.63, 3.8) is 0 Å². The number of para-hydroxylation sites is 1. The lowest BCUT2D eigenvalue weighted by Gasteiger charge is -2.21. The maximum Gasteiger partial charge on any atom is 0.254 e. The third-order valence-electron chi connectivity index (χ3n) is 4.47. The lowest BCUT2D eigenvalue weighted by molar-refractivity contribution is 0.0765. The number of nitrogens with zero attached hydrogens (tertiary/aromatic N) is 1. The summed E-state index contributed by atoms with van der Waals surface area (Å²) in [7, 11) is 0. The minimum atomic E-state index is 0. The molecule has 1 aliphatic heterocycles. The van der Waals surface area contributed by atoms with E-state index in [1.54, 1.807) is 18.2 Å². The van der Waals surface area contributed by atoms with Gasteiger partial charge in [0.1, 0.15) is 19.0 Å². The van der Waals surface area contributed by atoms with Crippen LogP contribution in [0.2, 0.25) is 0 Å². The number of rotatable bonds is 8. The van der Waals surface area contributed by atoms with Crippen molar-refractivity contribution < 1.29 is 19.0 Å². The first-order chi connectivity index (χ1) is 13.8. The van der Waals surface area contributed by atoms with Crippen molar-refractivity contribution in [1.29, 1.82) is 0 Å². The Bertz CT molecular complexity index is 750. The summed E-state index contributed by atoms with van der Waals surface area (Å²) in [6.07, 6.45) is 0.965. The summed E-state index contributed by atoms with van der Waals surface area (Å²) in [5.74, 6) is 2.04. The van der Waals surface area contributed by atoms with E-state index in [1.165, 1.54) is 0 Å². The summed E-state index contributed by atoms with van der Waals surface area (Å²) in [6.45, 7) is 6.50. The molecule has 1 fully saturated rings. The zero-order valence-electron chi connectivity index (χ0n) is 16.8. The summed E-state index contributed by atoms with van der Waals surface area (Å²) in [4.78, 5) is 14.7. The molecule has 0 aromatic heterocycles. The second-order valence-electron chi connectivity index (χ2n) is 6.50. The minimum absolute atomic E-state index is 0.